The van der Waals surface area contributed by atoms with Crippen LogP contribution in [0, 0.1) is 11.7 Å². The van der Waals surface area contributed by atoms with Gasteiger partial charge in [0.05, 0.1) is 11.9 Å². The molecule has 0 atom stereocenters. The average molecular weight is 356 g/mol. The van der Waals surface area contributed by atoms with E-state index in [1.165, 1.54) is 37.6 Å². The van der Waals surface area contributed by atoms with Gasteiger partial charge in [0.15, 0.2) is 0 Å². The van der Waals surface area contributed by atoms with Gasteiger partial charge in [-0.3, -0.25) is 14.7 Å². The Labute approximate surface area is 153 Å². The SMILES string of the molecule is CC(=O)Nc1cc(CCC2CCN(Cc3ccc(F)cn3)CC2)ccn1. The van der Waals surface area contributed by atoms with Crippen molar-refractivity contribution in [1.29, 1.82) is 0 Å². The van der Waals surface area contributed by atoms with Crippen molar-refractivity contribution in [1.82, 2.24) is 14.9 Å². The molecule has 1 fully saturated rings. The molecule has 0 saturated carbocycles. The molecule has 3 rings (SSSR count). The summed E-state index contributed by atoms with van der Waals surface area (Å²) in [6.07, 6.45) is 7.52. The molecule has 1 aliphatic heterocycles. The van der Waals surface area contributed by atoms with Gasteiger partial charge >= 0.3 is 0 Å². The van der Waals surface area contributed by atoms with Gasteiger partial charge in [0.1, 0.15) is 11.6 Å². The molecule has 5 nitrogen and oxygen atoms in total. The summed E-state index contributed by atoms with van der Waals surface area (Å²) in [5.74, 6) is 0.948. The van der Waals surface area contributed by atoms with Crippen LogP contribution in [0.5, 0.6) is 0 Å². The highest BCUT2D eigenvalue weighted by Crippen LogP contribution is 2.23. The monoisotopic (exact) mass is 356 g/mol. The quantitative estimate of drug-likeness (QED) is 0.862. The highest BCUT2D eigenvalue weighted by atomic mass is 19.1. The predicted octanol–water partition coefficient (Wildman–Crippen LogP) is 3.42. The molecular formula is C20H25FN4O. The maximum absolute atomic E-state index is 12.9. The number of aryl methyl sites for hydroxylation is 1. The Hall–Kier alpha value is -2.34. The van der Waals surface area contributed by atoms with Crippen molar-refractivity contribution in [2.45, 2.75) is 39.2 Å². The Morgan fingerprint density at radius 3 is 2.77 bits per heavy atom. The number of likely N-dealkylation sites (tertiary alicyclic amines) is 1. The number of hydrogen-bond donors (Lipinski definition) is 1. The van der Waals surface area contributed by atoms with Crippen LogP contribution in [0.25, 0.3) is 0 Å². The number of halogens is 1. The number of rotatable bonds is 6. The Morgan fingerprint density at radius 1 is 1.27 bits per heavy atom. The van der Waals surface area contributed by atoms with E-state index in [0.717, 1.165) is 38.2 Å². The molecule has 1 N–H and O–H groups in total. The Morgan fingerprint density at radius 2 is 2.08 bits per heavy atom. The van der Waals surface area contributed by atoms with E-state index in [4.69, 9.17) is 0 Å². The van der Waals surface area contributed by atoms with Crippen LogP contribution < -0.4 is 5.32 Å². The molecule has 1 amide bonds. The summed E-state index contributed by atoms with van der Waals surface area (Å²) in [4.78, 5) is 21.8. The van der Waals surface area contributed by atoms with Crippen LogP contribution in [0.15, 0.2) is 36.7 Å². The number of amides is 1. The summed E-state index contributed by atoms with van der Waals surface area (Å²) >= 11 is 0. The summed E-state index contributed by atoms with van der Waals surface area (Å²) in [6, 6.07) is 7.20. The number of carbonyl (C=O) groups is 1. The zero-order valence-corrected chi connectivity index (χ0v) is 15.1. The molecule has 26 heavy (non-hydrogen) atoms. The molecule has 0 unspecified atom stereocenters. The predicted molar refractivity (Wildman–Crippen MR) is 99.1 cm³/mol. The van der Waals surface area contributed by atoms with Crippen molar-refractivity contribution < 1.29 is 9.18 Å². The lowest BCUT2D eigenvalue weighted by atomic mass is 9.90. The third-order valence-electron chi connectivity index (χ3n) is 4.85. The molecule has 0 aliphatic carbocycles. The lowest BCUT2D eigenvalue weighted by Crippen LogP contribution is -2.33. The molecule has 1 saturated heterocycles. The van der Waals surface area contributed by atoms with Gasteiger partial charge in [0.25, 0.3) is 0 Å². The van der Waals surface area contributed by atoms with Gasteiger partial charge in [-0.15, -0.1) is 0 Å². The van der Waals surface area contributed by atoms with E-state index < -0.39 is 0 Å². The van der Waals surface area contributed by atoms with Gasteiger partial charge in [-0.25, -0.2) is 9.37 Å². The van der Waals surface area contributed by atoms with E-state index in [9.17, 15) is 9.18 Å². The van der Waals surface area contributed by atoms with Crippen LogP contribution >= 0.6 is 0 Å². The summed E-state index contributed by atoms with van der Waals surface area (Å²) in [5, 5.41) is 2.73. The van der Waals surface area contributed by atoms with Crippen LogP contribution in [0.1, 0.15) is 37.4 Å². The molecule has 2 aromatic rings. The van der Waals surface area contributed by atoms with Gasteiger partial charge in [-0.05, 0) is 74.5 Å². The fourth-order valence-corrected chi connectivity index (χ4v) is 3.41. The minimum atomic E-state index is -0.287. The normalized spacial score (nSPS) is 15.8. The number of hydrogen-bond acceptors (Lipinski definition) is 4. The highest BCUT2D eigenvalue weighted by Gasteiger charge is 2.19. The lowest BCUT2D eigenvalue weighted by molar-refractivity contribution is -0.114. The molecule has 0 aromatic carbocycles. The van der Waals surface area contributed by atoms with E-state index in [2.05, 4.69) is 20.2 Å². The van der Waals surface area contributed by atoms with Crippen LogP contribution in [0.4, 0.5) is 10.2 Å². The van der Waals surface area contributed by atoms with Crippen molar-refractivity contribution in [3.8, 4) is 0 Å². The second-order valence-electron chi connectivity index (χ2n) is 6.96. The summed E-state index contributed by atoms with van der Waals surface area (Å²) in [7, 11) is 0. The van der Waals surface area contributed by atoms with Crippen molar-refractivity contribution in [3.05, 3.63) is 53.7 Å². The third-order valence-corrected chi connectivity index (χ3v) is 4.85. The fourth-order valence-electron chi connectivity index (χ4n) is 3.41. The summed E-state index contributed by atoms with van der Waals surface area (Å²) in [5.41, 5.74) is 2.13. The molecule has 0 spiro atoms. The molecular weight excluding hydrogens is 331 g/mol. The topological polar surface area (TPSA) is 58.1 Å². The molecule has 1 aliphatic rings. The number of nitrogens with one attached hydrogen (secondary N) is 1. The van der Waals surface area contributed by atoms with E-state index >= 15 is 0 Å². The first-order valence-electron chi connectivity index (χ1n) is 9.14. The van der Waals surface area contributed by atoms with Crippen LogP contribution in [0.3, 0.4) is 0 Å². The Bertz CT molecular complexity index is 727. The van der Waals surface area contributed by atoms with Gasteiger partial charge in [-0.2, -0.15) is 0 Å². The van der Waals surface area contributed by atoms with Crippen molar-refractivity contribution in [2.24, 2.45) is 5.92 Å². The van der Waals surface area contributed by atoms with Crippen molar-refractivity contribution >= 4 is 11.7 Å². The standard InChI is InChI=1S/C20H25FN4O/c1-15(26)24-20-12-17(6-9-22-20)3-2-16-7-10-25(11-8-16)14-19-5-4-18(21)13-23-19/h4-6,9,12-13,16H,2-3,7-8,10-11,14H2,1H3,(H,22,24,26). The van der Waals surface area contributed by atoms with E-state index in [1.54, 1.807) is 12.3 Å². The molecule has 6 heteroatoms. The second kappa shape index (κ2) is 8.85. The van der Waals surface area contributed by atoms with Crippen LogP contribution in [-0.4, -0.2) is 33.9 Å². The number of anilines is 1. The van der Waals surface area contributed by atoms with Crippen molar-refractivity contribution in [3.63, 3.8) is 0 Å². The second-order valence-corrected chi connectivity index (χ2v) is 6.96. The van der Waals surface area contributed by atoms with Crippen molar-refractivity contribution in [2.75, 3.05) is 18.4 Å². The maximum atomic E-state index is 12.9. The first kappa shape index (κ1) is 18.5. The molecule has 2 aromatic heterocycles. The smallest absolute Gasteiger partial charge is 0.222 e. The van der Waals surface area contributed by atoms with E-state index in [1.807, 2.05) is 12.1 Å². The zero-order valence-electron chi connectivity index (χ0n) is 15.1. The number of pyridine rings is 2. The zero-order chi connectivity index (χ0) is 18.4. The minimum absolute atomic E-state index is 0.0994. The highest BCUT2D eigenvalue weighted by molar-refractivity contribution is 5.87. The van der Waals surface area contributed by atoms with E-state index in [0.29, 0.717) is 11.7 Å². The lowest BCUT2D eigenvalue weighted by Gasteiger charge is -2.31. The van der Waals surface area contributed by atoms with Gasteiger partial charge in [0, 0.05) is 19.7 Å². The molecule has 0 bridgehead atoms. The van der Waals surface area contributed by atoms with Gasteiger partial charge in [-0.1, -0.05) is 0 Å². The number of aromatic nitrogens is 2. The molecule has 0 radical (unpaired) electrons. The van der Waals surface area contributed by atoms with E-state index in [-0.39, 0.29) is 11.7 Å². The first-order valence-corrected chi connectivity index (χ1v) is 9.14. The molecule has 3 heterocycles. The first-order chi connectivity index (χ1) is 12.6. The molecule has 138 valence electrons. The Kier molecular flexibility index (Phi) is 6.28. The summed E-state index contributed by atoms with van der Waals surface area (Å²) < 4.78 is 12.9. The minimum Gasteiger partial charge on any atom is -0.311 e. The summed E-state index contributed by atoms with van der Waals surface area (Å²) in [6.45, 7) is 4.38. The largest absolute Gasteiger partial charge is 0.311 e. The average Bonchev–Trinajstić information content (AvgIpc) is 2.63. The maximum Gasteiger partial charge on any atom is 0.222 e. The fraction of sp³-hybridized carbons (Fsp3) is 0.450. The van der Waals surface area contributed by atoms with Gasteiger partial charge < -0.3 is 5.32 Å². The van der Waals surface area contributed by atoms with Crippen LogP contribution in [0.2, 0.25) is 0 Å². The van der Waals surface area contributed by atoms with Gasteiger partial charge in [0.2, 0.25) is 5.91 Å². The van der Waals surface area contributed by atoms with Crippen LogP contribution in [-0.2, 0) is 17.8 Å². The number of piperidine rings is 1. The third kappa shape index (κ3) is 5.59. The Balaban J connectivity index is 1.42. The number of nitrogens with zero attached hydrogens (tertiary/aromatic N) is 3. The number of carbonyl (C=O) groups excluding carboxylic acids is 1.